The van der Waals surface area contributed by atoms with Crippen molar-refractivity contribution in [3.8, 4) is 28.1 Å². The van der Waals surface area contributed by atoms with E-state index in [1.807, 2.05) is 67.4 Å². The van der Waals surface area contributed by atoms with Crippen molar-refractivity contribution in [3.05, 3.63) is 87.4 Å². The number of hydrogen-bond acceptors (Lipinski definition) is 7. The number of fused-ring (bicyclic) bond motifs is 2. The molecule has 4 heterocycles. The number of aromatic nitrogens is 5. The van der Waals surface area contributed by atoms with Gasteiger partial charge in [0.25, 0.3) is 5.56 Å². The lowest BCUT2D eigenvalue weighted by atomic mass is 9.95. The molecule has 0 aliphatic carbocycles. The number of ether oxygens (including phenoxy) is 1. The first-order valence-electron chi connectivity index (χ1n) is 14.0. The molecule has 0 bridgehead atoms. The molecule has 4 aromatic heterocycles. The highest BCUT2D eigenvalue weighted by Gasteiger charge is 2.27. The number of halogens is 1. The molecule has 8 nitrogen and oxygen atoms in total. The summed E-state index contributed by atoms with van der Waals surface area (Å²) < 4.78 is 22.6. The van der Waals surface area contributed by atoms with E-state index in [1.165, 1.54) is 13.3 Å². The molecule has 2 unspecified atom stereocenters. The van der Waals surface area contributed by atoms with E-state index in [-0.39, 0.29) is 11.6 Å². The maximum Gasteiger partial charge on any atom is 0.264 e. The zero-order chi connectivity index (χ0) is 30.4. The SMILES string of the molecule is CC[C@@H](c1cc2scc(C)n2c(=O)c1-c1cccc(P)c1)n1nc(-c2ccc(OC(C)F)c(C)c2)c2c(NC)ncnc21. The number of thiazole rings is 1. The first-order valence-corrected chi connectivity index (χ1v) is 15.5. The van der Waals surface area contributed by atoms with Crippen LogP contribution in [0.5, 0.6) is 5.75 Å². The van der Waals surface area contributed by atoms with Gasteiger partial charge in [-0.05, 0) is 72.6 Å². The van der Waals surface area contributed by atoms with Crippen molar-refractivity contribution in [3.63, 3.8) is 0 Å². The van der Waals surface area contributed by atoms with Crippen LogP contribution in [0.1, 0.15) is 43.1 Å². The van der Waals surface area contributed by atoms with Crippen molar-refractivity contribution < 1.29 is 9.13 Å². The zero-order valence-corrected chi connectivity index (χ0v) is 26.5. The van der Waals surface area contributed by atoms with Crippen LogP contribution in [0.4, 0.5) is 10.2 Å². The van der Waals surface area contributed by atoms with Crippen molar-refractivity contribution in [2.75, 3.05) is 12.4 Å². The third kappa shape index (κ3) is 5.08. The number of aryl methyl sites for hydroxylation is 2. The summed E-state index contributed by atoms with van der Waals surface area (Å²) in [7, 11) is 4.53. The number of nitrogens with zero attached hydrogens (tertiary/aromatic N) is 5. The minimum atomic E-state index is -1.42. The lowest BCUT2D eigenvalue weighted by molar-refractivity contribution is 0.0853. The normalized spacial score (nSPS) is 13.0. The topological polar surface area (TPSA) is 86.3 Å². The van der Waals surface area contributed by atoms with Crippen LogP contribution in [0.15, 0.2) is 65.0 Å². The van der Waals surface area contributed by atoms with Gasteiger partial charge in [-0.2, -0.15) is 5.10 Å². The van der Waals surface area contributed by atoms with Gasteiger partial charge in [0.2, 0.25) is 6.36 Å². The molecule has 0 aliphatic heterocycles. The van der Waals surface area contributed by atoms with Gasteiger partial charge in [-0.3, -0.25) is 9.20 Å². The van der Waals surface area contributed by atoms with Crippen LogP contribution >= 0.6 is 20.6 Å². The third-order valence-corrected chi connectivity index (χ3v) is 8.95. The third-order valence-electron chi connectivity index (χ3n) is 7.59. The molecule has 0 saturated carbocycles. The van der Waals surface area contributed by atoms with E-state index in [9.17, 15) is 9.18 Å². The van der Waals surface area contributed by atoms with Crippen molar-refractivity contribution in [2.24, 2.45) is 0 Å². The first kappa shape index (κ1) is 29.0. The molecule has 43 heavy (non-hydrogen) atoms. The molecule has 2 aromatic carbocycles. The summed E-state index contributed by atoms with van der Waals surface area (Å²) in [5.74, 6) is 1.11. The predicted molar refractivity (Wildman–Crippen MR) is 176 cm³/mol. The van der Waals surface area contributed by atoms with Gasteiger partial charge in [-0.1, -0.05) is 25.1 Å². The van der Waals surface area contributed by atoms with E-state index in [0.29, 0.717) is 34.9 Å². The Kier molecular flexibility index (Phi) is 7.75. The zero-order valence-electron chi connectivity index (χ0n) is 24.6. The van der Waals surface area contributed by atoms with Gasteiger partial charge in [0.15, 0.2) is 5.65 Å². The van der Waals surface area contributed by atoms with Crippen LogP contribution in [0.25, 0.3) is 38.2 Å². The van der Waals surface area contributed by atoms with Crippen LogP contribution in [0.3, 0.4) is 0 Å². The Morgan fingerprint density at radius 1 is 1.12 bits per heavy atom. The largest absolute Gasteiger partial charge is 0.460 e. The lowest BCUT2D eigenvalue weighted by Gasteiger charge is -2.21. The molecule has 0 radical (unpaired) electrons. The van der Waals surface area contributed by atoms with Gasteiger partial charge in [0.1, 0.15) is 28.4 Å². The number of rotatable bonds is 8. The first-order chi connectivity index (χ1) is 20.7. The highest BCUT2D eigenvalue weighted by Crippen LogP contribution is 2.39. The molecule has 6 aromatic rings. The molecule has 0 aliphatic rings. The molecular weight excluding hydrogens is 582 g/mol. The number of alkyl halides is 1. The van der Waals surface area contributed by atoms with E-state index in [1.54, 1.807) is 21.8 Å². The minimum Gasteiger partial charge on any atom is -0.460 e. The fourth-order valence-corrected chi connectivity index (χ4v) is 6.90. The average molecular weight is 615 g/mol. The lowest BCUT2D eigenvalue weighted by Crippen LogP contribution is -2.22. The second-order valence-electron chi connectivity index (χ2n) is 10.5. The monoisotopic (exact) mass is 614 g/mol. The van der Waals surface area contributed by atoms with Gasteiger partial charge in [0, 0.05) is 30.6 Å². The average Bonchev–Trinajstić information content (AvgIpc) is 3.55. The molecule has 0 fully saturated rings. The van der Waals surface area contributed by atoms with E-state index in [0.717, 1.165) is 43.5 Å². The van der Waals surface area contributed by atoms with E-state index in [4.69, 9.17) is 14.8 Å². The van der Waals surface area contributed by atoms with E-state index < -0.39 is 6.36 Å². The number of anilines is 1. The summed E-state index contributed by atoms with van der Waals surface area (Å²) in [5, 5.41) is 12.1. The Balaban J connectivity index is 1.63. The fourth-order valence-electron chi connectivity index (χ4n) is 5.68. The van der Waals surface area contributed by atoms with Crippen LogP contribution in [0, 0.1) is 13.8 Å². The second kappa shape index (κ2) is 11.5. The maximum atomic E-state index is 14.2. The van der Waals surface area contributed by atoms with Gasteiger partial charge >= 0.3 is 0 Å². The molecule has 220 valence electrons. The Morgan fingerprint density at radius 3 is 2.63 bits per heavy atom. The number of nitrogens with one attached hydrogen (secondary N) is 1. The summed E-state index contributed by atoms with van der Waals surface area (Å²) in [4.78, 5) is 24.3. The molecule has 0 saturated heterocycles. The number of benzene rings is 2. The van der Waals surface area contributed by atoms with Crippen LogP contribution in [-0.2, 0) is 0 Å². The van der Waals surface area contributed by atoms with Crippen molar-refractivity contribution in [1.82, 2.24) is 24.1 Å². The van der Waals surface area contributed by atoms with E-state index >= 15 is 0 Å². The predicted octanol–water partition coefficient (Wildman–Crippen LogP) is 6.69. The summed E-state index contributed by atoms with van der Waals surface area (Å²) in [6, 6.07) is 15.3. The van der Waals surface area contributed by atoms with Crippen molar-refractivity contribution in [1.29, 1.82) is 0 Å². The number of hydrogen-bond donors (Lipinski definition) is 1. The molecule has 6 rings (SSSR count). The van der Waals surface area contributed by atoms with Gasteiger partial charge < -0.3 is 10.1 Å². The summed E-state index contributed by atoms with van der Waals surface area (Å²) >= 11 is 1.55. The minimum absolute atomic E-state index is 0.0594. The van der Waals surface area contributed by atoms with E-state index in [2.05, 4.69) is 32.5 Å². The van der Waals surface area contributed by atoms with Crippen molar-refractivity contribution >= 4 is 47.6 Å². The van der Waals surface area contributed by atoms with Gasteiger partial charge in [-0.25, -0.2) is 19.0 Å². The molecule has 0 amide bonds. The summed E-state index contributed by atoms with van der Waals surface area (Å²) in [6.07, 6.45) is 0.754. The van der Waals surface area contributed by atoms with Gasteiger partial charge in [-0.15, -0.1) is 20.6 Å². The summed E-state index contributed by atoms with van der Waals surface area (Å²) in [5.41, 5.74) is 6.13. The molecule has 0 spiro atoms. The van der Waals surface area contributed by atoms with Crippen LogP contribution < -0.4 is 20.9 Å². The smallest absolute Gasteiger partial charge is 0.264 e. The Labute approximate surface area is 254 Å². The molecule has 1 N–H and O–H groups in total. The maximum absolute atomic E-state index is 14.2. The molecule has 3 atom stereocenters. The Morgan fingerprint density at radius 2 is 1.93 bits per heavy atom. The van der Waals surface area contributed by atoms with Crippen LogP contribution in [-0.4, -0.2) is 37.6 Å². The van der Waals surface area contributed by atoms with Crippen LogP contribution in [0.2, 0.25) is 0 Å². The highest BCUT2D eigenvalue weighted by molar-refractivity contribution is 7.27. The Bertz CT molecular complexity index is 2050. The standard InChI is InChI=1S/C32H32FN6O2PS/c1-6-24(23-14-26-38(18(3)15-43-26)32(40)27(23)20-8-7-9-22(42)13-20)39-31-28(30(34-5)35-16-36-31)29(37-39)21-10-11-25(17(2)12-21)41-19(4)33/h7-16,19,24H,6,42H2,1-5H3,(H,34,35,36)/t19?,24-/m0/s1. The molecule has 11 heteroatoms. The highest BCUT2D eigenvalue weighted by atomic mass is 32.1. The Hall–Kier alpha value is -4.14. The second-order valence-corrected chi connectivity index (χ2v) is 12.0. The summed E-state index contributed by atoms with van der Waals surface area (Å²) in [6.45, 7) is 7.27. The van der Waals surface area contributed by atoms with Crippen molar-refractivity contribution in [2.45, 2.75) is 46.5 Å². The number of pyridine rings is 1. The quantitative estimate of drug-likeness (QED) is 0.192. The molecular formula is C32H32FN6O2PS. The van der Waals surface area contributed by atoms with Gasteiger partial charge in [0.05, 0.1) is 17.0 Å². The fraction of sp³-hybridized carbons (Fsp3) is 0.250.